The van der Waals surface area contributed by atoms with Crippen molar-refractivity contribution in [2.24, 2.45) is 0 Å². The lowest BCUT2D eigenvalue weighted by Gasteiger charge is -2.18. The standard InChI is InChI=1S/C16H19N3O2/c1-19-8-2-3-14(19)16(20)18-9-12-4-6-13(7-5-12)15-10-17-11-21-15/h4-7,10-11,14H,2-3,8-9H2,1H3,(H,18,20). The smallest absolute Gasteiger partial charge is 0.237 e. The molecule has 5 nitrogen and oxygen atoms in total. The Labute approximate surface area is 124 Å². The number of oxazole rings is 1. The number of carbonyl (C=O) groups is 1. The summed E-state index contributed by atoms with van der Waals surface area (Å²) in [4.78, 5) is 18.1. The number of hydrogen-bond donors (Lipinski definition) is 1. The number of carbonyl (C=O) groups excluding carboxylic acids is 1. The van der Waals surface area contributed by atoms with Crippen LogP contribution in [0.2, 0.25) is 0 Å². The third-order valence-corrected chi connectivity index (χ3v) is 3.96. The van der Waals surface area contributed by atoms with Gasteiger partial charge in [-0.2, -0.15) is 0 Å². The van der Waals surface area contributed by atoms with Crippen LogP contribution < -0.4 is 5.32 Å². The quantitative estimate of drug-likeness (QED) is 0.934. The van der Waals surface area contributed by atoms with Crippen LogP contribution in [-0.2, 0) is 11.3 Å². The van der Waals surface area contributed by atoms with Crippen molar-refractivity contribution in [2.75, 3.05) is 13.6 Å². The lowest BCUT2D eigenvalue weighted by molar-refractivity contribution is -0.125. The number of nitrogens with zero attached hydrogens (tertiary/aromatic N) is 2. The van der Waals surface area contributed by atoms with E-state index in [0.717, 1.165) is 36.3 Å². The predicted molar refractivity (Wildman–Crippen MR) is 79.4 cm³/mol. The van der Waals surface area contributed by atoms with E-state index in [-0.39, 0.29) is 11.9 Å². The van der Waals surface area contributed by atoms with Crippen LogP contribution in [0, 0.1) is 0 Å². The highest BCUT2D eigenvalue weighted by molar-refractivity contribution is 5.82. The Morgan fingerprint density at radius 2 is 2.24 bits per heavy atom. The fraction of sp³-hybridized carbons (Fsp3) is 0.375. The van der Waals surface area contributed by atoms with Gasteiger partial charge in [0.25, 0.3) is 0 Å². The number of aromatic nitrogens is 1. The van der Waals surface area contributed by atoms with Crippen LogP contribution >= 0.6 is 0 Å². The predicted octanol–water partition coefficient (Wildman–Crippen LogP) is 2.05. The van der Waals surface area contributed by atoms with Gasteiger partial charge in [-0.3, -0.25) is 9.69 Å². The van der Waals surface area contributed by atoms with Crippen LogP contribution in [0.3, 0.4) is 0 Å². The highest BCUT2D eigenvalue weighted by atomic mass is 16.3. The van der Waals surface area contributed by atoms with Gasteiger partial charge in [0.2, 0.25) is 5.91 Å². The number of rotatable bonds is 4. The lowest BCUT2D eigenvalue weighted by atomic mass is 10.1. The average molecular weight is 285 g/mol. The molecule has 1 aliphatic rings. The Bertz CT molecular complexity index is 592. The zero-order chi connectivity index (χ0) is 14.7. The van der Waals surface area contributed by atoms with Gasteiger partial charge in [0.05, 0.1) is 12.2 Å². The van der Waals surface area contributed by atoms with E-state index in [0.29, 0.717) is 6.54 Å². The topological polar surface area (TPSA) is 58.4 Å². The lowest BCUT2D eigenvalue weighted by Crippen LogP contribution is -2.41. The second kappa shape index (κ2) is 6.10. The van der Waals surface area contributed by atoms with E-state index in [1.54, 1.807) is 6.20 Å². The zero-order valence-corrected chi connectivity index (χ0v) is 12.1. The van der Waals surface area contributed by atoms with Crippen molar-refractivity contribution in [3.63, 3.8) is 0 Å². The van der Waals surface area contributed by atoms with Crippen molar-refractivity contribution >= 4 is 5.91 Å². The first-order valence-electron chi connectivity index (χ1n) is 7.20. The molecular formula is C16H19N3O2. The fourth-order valence-corrected chi connectivity index (χ4v) is 2.69. The Kier molecular flexibility index (Phi) is 4.01. The summed E-state index contributed by atoms with van der Waals surface area (Å²) in [6.45, 7) is 1.56. The van der Waals surface area contributed by atoms with Gasteiger partial charge in [0.15, 0.2) is 12.2 Å². The molecule has 0 radical (unpaired) electrons. The fourth-order valence-electron chi connectivity index (χ4n) is 2.69. The second-order valence-corrected chi connectivity index (χ2v) is 5.42. The molecule has 1 saturated heterocycles. The molecule has 2 aromatic rings. The Balaban J connectivity index is 1.57. The van der Waals surface area contributed by atoms with Crippen LogP contribution in [0.25, 0.3) is 11.3 Å². The molecule has 2 heterocycles. The normalized spacial score (nSPS) is 18.8. The van der Waals surface area contributed by atoms with Crippen molar-refractivity contribution in [1.82, 2.24) is 15.2 Å². The molecular weight excluding hydrogens is 266 g/mol. The first kappa shape index (κ1) is 13.8. The van der Waals surface area contributed by atoms with Gasteiger partial charge in [-0.05, 0) is 32.0 Å². The van der Waals surface area contributed by atoms with Crippen molar-refractivity contribution in [3.8, 4) is 11.3 Å². The van der Waals surface area contributed by atoms with Gasteiger partial charge in [0, 0.05) is 12.1 Å². The highest BCUT2D eigenvalue weighted by Crippen LogP contribution is 2.19. The third kappa shape index (κ3) is 3.13. The summed E-state index contributed by atoms with van der Waals surface area (Å²) in [6.07, 6.45) is 5.15. The molecule has 0 aliphatic carbocycles. The average Bonchev–Trinajstić information content (AvgIpc) is 3.16. The number of nitrogens with one attached hydrogen (secondary N) is 1. The van der Waals surface area contributed by atoms with Crippen LogP contribution in [0.5, 0.6) is 0 Å². The van der Waals surface area contributed by atoms with Crippen molar-refractivity contribution in [1.29, 1.82) is 0 Å². The van der Waals surface area contributed by atoms with Gasteiger partial charge >= 0.3 is 0 Å². The van der Waals surface area contributed by atoms with E-state index in [4.69, 9.17) is 4.42 Å². The Hall–Kier alpha value is -2.14. The number of likely N-dealkylation sites (N-methyl/N-ethyl adjacent to an activating group) is 1. The van der Waals surface area contributed by atoms with Gasteiger partial charge in [-0.15, -0.1) is 0 Å². The number of hydrogen-bond acceptors (Lipinski definition) is 4. The van der Waals surface area contributed by atoms with Gasteiger partial charge in [-0.1, -0.05) is 24.3 Å². The van der Waals surface area contributed by atoms with Crippen LogP contribution in [0.1, 0.15) is 18.4 Å². The van der Waals surface area contributed by atoms with E-state index in [9.17, 15) is 4.79 Å². The van der Waals surface area contributed by atoms with Gasteiger partial charge < -0.3 is 9.73 Å². The van der Waals surface area contributed by atoms with Crippen molar-refractivity contribution < 1.29 is 9.21 Å². The maximum atomic E-state index is 12.1. The Morgan fingerprint density at radius 3 is 2.86 bits per heavy atom. The molecule has 0 spiro atoms. The highest BCUT2D eigenvalue weighted by Gasteiger charge is 2.27. The summed E-state index contributed by atoms with van der Waals surface area (Å²) in [7, 11) is 2.00. The first-order chi connectivity index (χ1) is 10.2. The zero-order valence-electron chi connectivity index (χ0n) is 12.1. The third-order valence-electron chi connectivity index (χ3n) is 3.96. The second-order valence-electron chi connectivity index (χ2n) is 5.42. The van der Waals surface area contributed by atoms with Gasteiger partial charge in [0.1, 0.15) is 0 Å². The molecule has 110 valence electrons. The molecule has 1 aromatic carbocycles. The molecule has 1 aliphatic heterocycles. The molecule has 1 amide bonds. The number of amides is 1. The first-order valence-corrected chi connectivity index (χ1v) is 7.20. The van der Waals surface area contributed by atoms with E-state index < -0.39 is 0 Å². The SMILES string of the molecule is CN1CCCC1C(=O)NCc1ccc(-c2cnco2)cc1. The van der Waals surface area contributed by atoms with Gasteiger partial charge in [-0.25, -0.2) is 4.98 Å². The van der Waals surface area contributed by atoms with Crippen LogP contribution in [0.15, 0.2) is 41.3 Å². The summed E-state index contributed by atoms with van der Waals surface area (Å²) < 4.78 is 5.25. The summed E-state index contributed by atoms with van der Waals surface area (Å²) in [5, 5.41) is 3.01. The molecule has 1 fully saturated rings. The minimum Gasteiger partial charge on any atom is -0.444 e. The molecule has 21 heavy (non-hydrogen) atoms. The molecule has 1 unspecified atom stereocenters. The van der Waals surface area contributed by atoms with Crippen LogP contribution in [0.4, 0.5) is 0 Å². The molecule has 5 heteroatoms. The largest absolute Gasteiger partial charge is 0.444 e. The summed E-state index contributed by atoms with van der Waals surface area (Å²) in [5.41, 5.74) is 2.06. The minimum absolute atomic E-state index is 0.0264. The molecule has 0 saturated carbocycles. The molecule has 0 bridgehead atoms. The van der Waals surface area contributed by atoms with E-state index in [2.05, 4.69) is 15.2 Å². The summed E-state index contributed by atoms with van der Waals surface area (Å²) in [5.74, 6) is 0.868. The van der Waals surface area contributed by atoms with E-state index >= 15 is 0 Å². The van der Waals surface area contributed by atoms with Crippen LogP contribution in [-0.4, -0.2) is 35.4 Å². The monoisotopic (exact) mass is 285 g/mol. The number of benzene rings is 1. The Morgan fingerprint density at radius 1 is 1.43 bits per heavy atom. The van der Waals surface area contributed by atoms with Crippen molar-refractivity contribution in [3.05, 3.63) is 42.4 Å². The summed E-state index contributed by atoms with van der Waals surface area (Å²) in [6, 6.07) is 7.97. The van der Waals surface area contributed by atoms with E-state index in [1.807, 2.05) is 31.3 Å². The maximum Gasteiger partial charge on any atom is 0.237 e. The molecule has 3 rings (SSSR count). The molecule has 1 atom stereocenters. The van der Waals surface area contributed by atoms with Crippen molar-refractivity contribution in [2.45, 2.75) is 25.4 Å². The minimum atomic E-state index is 0.0264. The molecule has 1 aromatic heterocycles. The van der Waals surface area contributed by atoms with E-state index in [1.165, 1.54) is 6.39 Å². The molecule has 1 N–H and O–H groups in total. The number of likely N-dealkylation sites (tertiary alicyclic amines) is 1. The summed E-state index contributed by atoms with van der Waals surface area (Å²) >= 11 is 0. The maximum absolute atomic E-state index is 12.1.